The van der Waals surface area contributed by atoms with Gasteiger partial charge in [0, 0.05) is 23.1 Å². The Morgan fingerprint density at radius 2 is 1.11 bits per heavy atom. The highest BCUT2D eigenvalue weighted by Gasteiger charge is 2.43. The highest BCUT2D eigenvalue weighted by atomic mass is 28.4. The Morgan fingerprint density at radius 3 is 1.28 bits per heavy atom. The Kier molecular flexibility index (Phi) is 7.37. The Bertz CT molecular complexity index is 275. The summed E-state index contributed by atoms with van der Waals surface area (Å²) in [4.78, 5) is 0. The van der Waals surface area contributed by atoms with Crippen molar-refractivity contribution in [2.75, 3.05) is 0 Å². The van der Waals surface area contributed by atoms with Crippen LogP contribution in [-0.2, 0) is 13.6 Å². The van der Waals surface area contributed by atoms with Crippen molar-refractivity contribution in [2.45, 2.75) is 33.7 Å². The zero-order valence-electron chi connectivity index (χ0n) is 11.6. The van der Waals surface area contributed by atoms with Crippen molar-refractivity contribution in [3.8, 4) is 0 Å². The second kappa shape index (κ2) is 7.93. The van der Waals surface area contributed by atoms with E-state index in [9.17, 15) is 0 Å². The highest BCUT2D eigenvalue weighted by molar-refractivity contribution is 6.60. The zero-order valence-corrected chi connectivity index (χ0v) is 12.6. The summed E-state index contributed by atoms with van der Waals surface area (Å²) in [5.41, 5.74) is 9.94. The standard InChI is InChI=1S/C11H23N3O3Si/c1-8-18(15-12-9(2)3,16-13-10(4)5)17-14-11(6)7/h12-14H,2,4,6,8H2,1,3,5,7H3. The van der Waals surface area contributed by atoms with Gasteiger partial charge >= 0.3 is 8.80 Å². The molecule has 0 aromatic carbocycles. The molecule has 0 aliphatic heterocycles. The minimum Gasteiger partial charge on any atom is -0.279 e. The lowest BCUT2D eigenvalue weighted by atomic mass is 10.6. The minimum absolute atomic E-state index is 0.536. The van der Waals surface area contributed by atoms with Crippen LogP contribution in [0.15, 0.2) is 36.8 Å². The van der Waals surface area contributed by atoms with Crippen molar-refractivity contribution >= 4 is 8.80 Å². The van der Waals surface area contributed by atoms with Gasteiger partial charge in [-0.15, -0.1) is 0 Å². The van der Waals surface area contributed by atoms with E-state index >= 15 is 0 Å². The highest BCUT2D eigenvalue weighted by Crippen LogP contribution is 2.13. The molecule has 0 aromatic heterocycles. The van der Waals surface area contributed by atoms with Crippen LogP contribution in [0.2, 0.25) is 6.04 Å². The van der Waals surface area contributed by atoms with Crippen LogP contribution in [0.4, 0.5) is 0 Å². The van der Waals surface area contributed by atoms with E-state index in [1.54, 1.807) is 20.8 Å². The summed E-state index contributed by atoms with van der Waals surface area (Å²) >= 11 is 0. The van der Waals surface area contributed by atoms with E-state index in [2.05, 4.69) is 36.2 Å². The molecule has 0 radical (unpaired) electrons. The lowest BCUT2D eigenvalue weighted by Gasteiger charge is -2.28. The minimum atomic E-state index is -2.97. The average Bonchev–Trinajstić information content (AvgIpc) is 2.28. The van der Waals surface area contributed by atoms with E-state index in [-0.39, 0.29) is 0 Å². The molecule has 6 nitrogen and oxygen atoms in total. The molecule has 0 aromatic rings. The predicted molar refractivity (Wildman–Crippen MR) is 73.3 cm³/mol. The van der Waals surface area contributed by atoms with Crippen LogP contribution in [-0.4, -0.2) is 8.80 Å². The van der Waals surface area contributed by atoms with Crippen molar-refractivity contribution in [1.29, 1.82) is 0 Å². The van der Waals surface area contributed by atoms with Gasteiger partial charge < -0.3 is 0 Å². The summed E-state index contributed by atoms with van der Waals surface area (Å²) in [5, 5.41) is 0. The van der Waals surface area contributed by atoms with Crippen LogP contribution in [0.1, 0.15) is 27.7 Å². The fourth-order valence-electron chi connectivity index (χ4n) is 0.774. The topological polar surface area (TPSA) is 63.8 Å². The van der Waals surface area contributed by atoms with Crippen LogP contribution in [0.5, 0.6) is 0 Å². The van der Waals surface area contributed by atoms with Gasteiger partial charge in [-0.2, -0.15) is 0 Å². The lowest BCUT2D eigenvalue weighted by molar-refractivity contribution is -0.0151. The Morgan fingerprint density at radius 1 is 0.833 bits per heavy atom. The molecule has 3 N–H and O–H groups in total. The van der Waals surface area contributed by atoms with Gasteiger partial charge in [-0.25, -0.2) is 0 Å². The predicted octanol–water partition coefficient (Wildman–Crippen LogP) is 2.11. The summed E-state index contributed by atoms with van der Waals surface area (Å²) in [5.74, 6) is 0. The third kappa shape index (κ3) is 7.12. The summed E-state index contributed by atoms with van der Waals surface area (Å²) in [6.07, 6.45) is 0. The number of allylic oxidation sites excluding steroid dienone is 3. The number of hydroxylamine groups is 3. The van der Waals surface area contributed by atoms with E-state index in [1.807, 2.05) is 6.92 Å². The number of nitrogens with one attached hydrogen (secondary N) is 3. The number of hydrogen-bond acceptors (Lipinski definition) is 6. The maximum atomic E-state index is 5.48. The molecule has 0 saturated heterocycles. The largest absolute Gasteiger partial charge is 0.566 e. The van der Waals surface area contributed by atoms with Gasteiger partial charge in [0.25, 0.3) is 0 Å². The third-order valence-electron chi connectivity index (χ3n) is 1.58. The van der Waals surface area contributed by atoms with Gasteiger partial charge in [0.1, 0.15) is 0 Å². The van der Waals surface area contributed by atoms with E-state index in [1.165, 1.54) is 0 Å². The van der Waals surface area contributed by atoms with Gasteiger partial charge in [-0.3, -0.25) is 30.0 Å². The van der Waals surface area contributed by atoms with Crippen molar-refractivity contribution in [2.24, 2.45) is 0 Å². The number of hydrogen-bond donors (Lipinski definition) is 3. The van der Waals surface area contributed by atoms with Gasteiger partial charge in [0.05, 0.1) is 0 Å². The van der Waals surface area contributed by atoms with Crippen molar-refractivity contribution in [3.63, 3.8) is 0 Å². The molecule has 104 valence electrons. The first-order valence-electron chi connectivity index (χ1n) is 5.60. The van der Waals surface area contributed by atoms with E-state index < -0.39 is 8.80 Å². The first-order valence-corrected chi connectivity index (χ1v) is 7.53. The molecule has 0 aliphatic rings. The van der Waals surface area contributed by atoms with Gasteiger partial charge in [0.15, 0.2) is 0 Å². The van der Waals surface area contributed by atoms with Crippen LogP contribution < -0.4 is 16.4 Å². The van der Waals surface area contributed by atoms with E-state index in [4.69, 9.17) is 13.6 Å². The Hall–Kier alpha value is -1.28. The molecule has 0 rings (SSSR count). The fraction of sp³-hybridized carbons (Fsp3) is 0.455. The normalized spacial score (nSPS) is 10.7. The van der Waals surface area contributed by atoms with Crippen molar-refractivity contribution < 1.29 is 13.6 Å². The molecule has 18 heavy (non-hydrogen) atoms. The molecular formula is C11H23N3O3Si. The van der Waals surface area contributed by atoms with Crippen LogP contribution in [0.3, 0.4) is 0 Å². The molecule has 0 fully saturated rings. The lowest BCUT2D eigenvalue weighted by Crippen LogP contribution is -2.53. The first-order chi connectivity index (χ1) is 8.31. The molecular weight excluding hydrogens is 250 g/mol. The molecule has 0 unspecified atom stereocenters. The third-order valence-corrected chi connectivity index (χ3v) is 3.68. The Labute approximate surface area is 110 Å². The number of rotatable bonds is 10. The fourth-order valence-corrected chi connectivity index (χ4v) is 2.32. The van der Waals surface area contributed by atoms with Crippen molar-refractivity contribution in [3.05, 3.63) is 36.8 Å². The van der Waals surface area contributed by atoms with E-state index in [0.29, 0.717) is 23.1 Å². The first kappa shape index (κ1) is 16.7. The summed E-state index contributed by atoms with van der Waals surface area (Å²) in [7, 11) is -2.97. The maximum Gasteiger partial charge on any atom is 0.566 e. The van der Waals surface area contributed by atoms with Crippen LogP contribution in [0, 0.1) is 0 Å². The molecule has 7 heteroatoms. The second-order valence-corrected chi connectivity index (χ2v) is 6.68. The molecule has 0 spiro atoms. The quantitative estimate of drug-likeness (QED) is 0.418. The van der Waals surface area contributed by atoms with Gasteiger partial charge in [-0.05, 0) is 20.8 Å². The molecule has 0 saturated carbocycles. The summed E-state index contributed by atoms with van der Waals surface area (Å²) in [6, 6.07) is 0.536. The van der Waals surface area contributed by atoms with Crippen molar-refractivity contribution in [1.82, 2.24) is 16.4 Å². The van der Waals surface area contributed by atoms with E-state index in [0.717, 1.165) is 0 Å². The monoisotopic (exact) mass is 273 g/mol. The van der Waals surface area contributed by atoms with Gasteiger partial charge in [-0.1, -0.05) is 26.7 Å². The second-order valence-electron chi connectivity index (χ2n) is 3.99. The average molecular weight is 273 g/mol. The van der Waals surface area contributed by atoms with Gasteiger partial charge in [0.2, 0.25) is 0 Å². The summed E-state index contributed by atoms with van der Waals surface area (Å²) in [6.45, 7) is 18.3. The Balaban J connectivity index is 4.63. The molecule has 0 atom stereocenters. The van der Waals surface area contributed by atoms with Crippen LogP contribution >= 0.6 is 0 Å². The smallest absolute Gasteiger partial charge is 0.279 e. The molecule has 0 amide bonds. The maximum absolute atomic E-state index is 5.48. The summed E-state index contributed by atoms with van der Waals surface area (Å²) < 4.78 is 16.4. The molecule has 0 bridgehead atoms. The molecule has 0 heterocycles. The van der Waals surface area contributed by atoms with Crippen LogP contribution in [0.25, 0.3) is 0 Å². The molecule has 0 aliphatic carbocycles. The SMILES string of the molecule is C=C(C)NO[Si](CC)(ONC(=C)C)ONC(=C)C. The zero-order chi connectivity index (χ0) is 14.2.